The summed E-state index contributed by atoms with van der Waals surface area (Å²) in [4.78, 5) is 0. The molecule has 2 aliphatic carbocycles. The van der Waals surface area contributed by atoms with E-state index in [2.05, 4.69) is 108 Å². The first-order valence-corrected chi connectivity index (χ1v) is 24.0. The van der Waals surface area contributed by atoms with Crippen LogP contribution in [0.25, 0.3) is 0 Å². The molecule has 4 bridgehead atoms. The van der Waals surface area contributed by atoms with Gasteiger partial charge >= 0.3 is 0 Å². The van der Waals surface area contributed by atoms with Crippen molar-refractivity contribution in [3.05, 3.63) is 108 Å². The number of hydrogen-bond donors (Lipinski definition) is 1. The Kier molecular flexibility index (Phi) is 12.4. The topological polar surface area (TPSA) is 75.6 Å². The first kappa shape index (κ1) is 39.5. The summed E-state index contributed by atoms with van der Waals surface area (Å²) in [6.07, 6.45) is 4.19. The molecule has 1 fully saturated rings. The number of aliphatic hydroxyl groups is 1. The molecule has 1 aliphatic heterocycles. The summed E-state index contributed by atoms with van der Waals surface area (Å²) in [6.45, 7) is 14.7. The maximum atomic E-state index is 12.0. The number of aliphatic hydroxyl groups excluding tert-OH is 1. The van der Waals surface area contributed by atoms with Gasteiger partial charge in [-0.05, 0) is 94.6 Å². The number of ether oxygens (including phenoxy) is 4. The number of allylic oxidation sites excluding steroid dienone is 1. The molecular weight excluding hydrogens is 697 g/mol. The predicted molar refractivity (Wildman–Crippen MR) is 217 cm³/mol. The molecule has 4 atom stereocenters. The minimum absolute atomic E-state index is 0.0317. The highest BCUT2D eigenvalue weighted by molar-refractivity contribution is 6.99. The second-order valence-corrected chi connectivity index (χ2v) is 24.9. The molecule has 0 spiro atoms. The zero-order valence-corrected chi connectivity index (χ0v) is 34.9. The van der Waals surface area contributed by atoms with Crippen LogP contribution in [0.15, 0.2) is 108 Å². The first-order valence-electron chi connectivity index (χ1n) is 19.6. The third-order valence-electron chi connectivity index (χ3n) is 12.2. The fourth-order valence-corrected chi connectivity index (χ4v) is 16.3. The zero-order chi connectivity index (χ0) is 37.7. The van der Waals surface area contributed by atoms with Crippen molar-refractivity contribution in [2.45, 2.75) is 103 Å². The van der Waals surface area contributed by atoms with E-state index in [0.29, 0.717) is 31.8 Å². The summed E-state index contributed by atoms with van der Waals surface area (Å²) in [5.41, 5.74) is 1.66. The van der Waals surface area contributed by atoms with E-state index in [-0.39, 0.29) is 23.9 Å². The molecule has 0 radical (unpaired) electrons. The van der Waals surface area contributed by atoms with Gasteiger partial charge in [0.15, 0.2) is 13.1 Å². The second kappa shape index (κ2) is 16.7. The van der Waals surface area contributed by atoms with E-state index in [0.717, 1.165) is 48.1 Å². The molecule has 3 aliphatic rings. The maximum Gasteiger partial charge on any atom is 0.261 e. The molecule has 3 aromatic carbocycles. The Morgan fingerprint density at radius 2 is 1.45 bits per heavy atom. The summed E-state index contributed by atoms with van der Waals surface area (Å²) in [6, 6.07) is 32.2. The second-order valence-electron chi connectivity index (χ2n) is 15.9. The maximum absolute atomic E-state index is 12.0. The van der Waals surface area contributed by atoms with Crippen LogP contribution in [0.1, 0.15) is 67.2 Å². The van der Waals surface area contributed by atoms with Gasteiger partial charge in [0.1, 0.15) is 11.5 Å². The van der Waals surface area contributed by atoms with Gasteiger partial charge < -0.3 is 32.9 Å². The number of benzene rings is 3. The van der Waals surface area contributed by atoms with Crippen LogP contribution in [0.3, 0.4) is 0 Å². The average Bonchev–Trinajstić information content (AvgIpc) is 3.44. The van der Waals surface area contributed by atoms with Gasteiger partial charge in [-0.3, -0.25) is 0 Å². The molecule has 9 heteroatoms. The molecule has 3 aromatic rings. The molecule has 53 heavy (non-hydrogen) atoms. The summed E-state index contributed by atoms with van der Waals surface area (Å²) >= 11 is 0. The monoisotopic (exact) mass is 756 g/mol. The van der Waals surface area contributed by atoms with Crippen LogP contribution >= 0.6 is 0 Å². The smallest absolute Gasteiger partial charge is 0.261 e. The fraction of sp³-hybridized carbons (Fsp3) is 0.500. The lowest BCUT2D eigenvalue weighted by atomic mass is 9.71. The molecule has 0 amide bonds. The Balaban J connectivity index is 1.34. The fourth-order valence-electron chi connectivity index (χ4n) is 9.08. The summed E-state index contributed by atoms with van der Waals surface area (Å²) in [5, 5.41) is 14.4. The van der Waals surface area contributed by atoms with E-state index in [1.54, 1.807) is 7.11 Å². The SMILES string of the molecule is CC[Si](CC)(CC)OC1=C(COCOc2ccc(OC)cc2)C[C@]2(CCO[Si](c3ccccc3)(c3ccccc3)C(C)(C)C)C3=CCC[C@H]1C3OC2O. The van der Waals surface area contributed by atoms with Crippen LogP contribution in [0.2, 0.25) is 23.2 Å². The molecule has 1 N–H and O–H groups in total. The Bertz CT molecular complexity index is 1650. The van der Waals surface area contributed by atoms with Crippen molar-refractivity contribution in [1.82, 2.24) is 0 Å². The van der Waals surface area contributed by atoms with Crippen molar-refractivity contribution in [2.24, 2.45) is 11.3 Å². The largest absolute Gasteiger partial charge is 0.546 e. The highest BCUT2D eigenvalue weighted by atomic mass is 28.4. The number of methoxy groups -OCH3 is 1. The van der Waals surface area contributed by atoms with Crippen LogP contribution < -0.4 is 19.8 Å². The standard InChI is InChI=1S/C44H60O7Si2/c1-8-52(9-2,10-3)51-40-33(31-47-32-48-35-26-24-34(46-7)25-27-35)30-44(39-23-17-22-38(40)41(39)50-42(44)45)28-29-49-53(43(4,5)6,36-18-13-11-14-19-36)37-20-15-12-16-21-37/h11-16,18-21,23-27,38,41-42,45H,8-10,17,22,28-32H2,1-7H3/t38-,41?,42?,44-/m1/s1. The lowest BCUT2D eigenvalue weighted by Crippen LogP contribution is -2.66. The van der Waals surface area contributed by atoms with Crippen LogP contribution in [0.4, 0.5) is 0 Å². The van der Waals surface area contributed by atoms with Crippen LogP contribution in [-0.2, 0) is 18.3 Å². The molecule has 0 saturated carbocycles. The highest BCUT2D eigenvalue weighted by Gasteiger charge is 2.59. The average molecular weight is 757 g/mol. The van der Waals surface area contributed by atoms with Crippen molar-refractivity contribution in [3.8, 4) is 11.5 Å². The lowest BCUT2D eigenvalue weighted by Gasteiger charge is -2.44. The highest BCUT2D eigenvalue weighted by Crippen LogP contribution is 2.58. The minimum Gasteiger partial charge on any atom is -0.546 e. The molecule has 286 valence electrons. The Hall–Kier alpha value is -3.19. The molecule has 2 unspecified atom stereocenters. The Morgan fingerprint density at radius 3 is 2.02 bits per heavy atom. The van der Waals surface area contributed by atoms with E-state index in [4.69, 9.17) is 27.8 Å². The van der Waals surface area contributed by atoms with Crippen LogP contribution in [0, 0.1) is 11.3 Å². The normalized spacial score (nSPS) is 23.0. The molecule has 1 saturated heterocycles. The first-order chi connectivity index (χ1) is 25.6. The van der Waals surface area contributed by atoms with E-state index in [9.17, 15) is 5.11 Å². The number of rotatable bonds is 17. The minimum atomic E-state index is -2.80. The summed E-state index contributed by atoms with van der Waals surface area (Å²) in [7, 11) is -3.21. The van der Waals surface area contributed by atoms with Gasteiger partial charge in [-0.2, -0.15) is 0 Å². The summed E-state index contributed by atoms with van der Waals surface area (Å²) in [5.74, 6) is 2.57. The molecule has 7 nitrogen and oxygen atoms in total. The van der Waals surface area contributed by atoms with E-state index in [1.165, 1.54) is 15.9 Å². The van der Waals surface area contributed by atoms with E-state index < -0.39 is 28.3 Å². The van der Waals surface area contributed by atoms with Gasteiger partial charge in [0.25, 0.3) is 8.32 Å². The molecule has 0 aromatic heterocycles. The van der Waals surface area contributed by atoms with Crippen molar-refractivity contribution in [1.29, 1.82) is 0 Å². The third-order valence-corrected chi connectivity index (χ3v) is 21.8. The van der Waals surface area contributed by atoms with Crippen molar-refractivity contribution < 1.29 is 32.9 Å². The summed E-state index contributed by atoms with van der Waals surface area (Å²) < 4.78 is 39.1. The Morgan fingerprint density at radius 1 is 0.849 bits per heavy atom. The Labute approximate surface area is 319 Å². The van der Waals surface area contributed by atoms with Crippen LogP contribution in [0.5, 0.6) is 11.5 Å². The van der Waals surface area contributed by atoms with Gasteiger partial charge in [-0.1, -0.05) is 108 Å². The quantitative estimate of drug-likeness (QED) is 0.0639. The van der Waals surface area contributed by atoms with Crippen molar-refractivity contribution in [2.75, 3.05) is 27.1 Å². The van der Waals surface area contributed by atoms with Gasteiger partial charge in [0.05, 0.1) is 31.0 Å². The molecule has 1 heterocycles. The molecular formula is C44H60O7Si2. The van der Waals surface area contributed by atoms with Gasteiger partial charge in [0.2, 0.25) is 8.32 Å². The number of hydrogen-bond acceptors (Lipinski definition) is 7. The lowest BCUT2D eigenvalue weighted by molar-refractivity contribution is -0.150. The van der Waals surface area contributed by atoms with Crippen molar-refractivity contribution in [3.63, 3.8) is 0 Å². The van der Waals surface area contributed by atoms with E-state index in [1.807, 2.05) is 24.3 Å². The van der Waals surface area contributed by atoms with Crippen LogP contribution in [-0.4, -0.2) is 61.3 Å². The molecule has 6 rings (SSSR count). The van der Waals surface area contributed by atoms with Crippen molar-refractivity contribution >= 4 is 27.0 Å². The van der Waals surface area contributed by atoms with E-state index >= 15 is 0 Å². The van der Waals surface area contributed by atoms with Gasteiger partial charge in [0, 0.05) is 12.5 Å². The van der Waals surface area contributed by atoms with Gasteiger partial charge in [-0.25, -0.2) is 0 Å². The third kappa shape index (κ3) is 7.71. The predicted octanol–water partition coefficient (Wildman–Crippen LogP) is 8.73. The van der Waals surface area contributed by atoms with Gasteiger partial charge in [-0.15, -0.1) is 0 Å². The zero-order valence-electron chi connectivity index (χ0n) is 32.9.